The number of hydrogen-bond donors (Lipinski definition) is 0. The number of imide groups is 1. The predicted octanol–water partition coefficient (Wildman–Crippen LogP) is 4.64. The summed E-state index contributed by atoms with van der Waals surface area (Å²) >= 11 is 6.25. The molecule has 5 nitrogen and oxygen atoms in total. The Balaban J connectivity index is 1.86. The third-order valence-corrected chi connectivity index (χ3v) is 4.49. The van der Waals surface area contributed by atoms with E-state index >= 15 is 0 Å². The molecule has 2 aromatic carbocycles. The monoisotopic (exact) mass is 399 g/mol. The van der Waals surface area contributed by atoms with Gasteiger partial charge in [-0.1, -0.05) is 43.6 Å². The number of ether oxygens (including phenoxy) is 2. The van der Waals surface area contributed by atoms with Crippen LogP contribution in [0.25, 0.3) is 5.57 Å². The number of carbonyl (C=O) groups excluding carboxylic acids is 2. The summed E-state index contributed by atoms with van der Waals surface area (Å²) in [7, 11) is 0. The van der Waals surface area contributed by atoms with Gasteiger partial charge in [-0.15, -0.1) is 0 Å². The van der Waals surface area contributed by atoms with Gasteiger partial charge in [-0.25, -0.2) is 4.90 Å². The molecule has 1 heterocycles. The van der Waals surface area contributed by atoms with Crippen molar-refractivity contribution >= 4 is 34.7 Å². The zero-order valence-corrected chi connectivity index (χ0v) is 16.8. The van der Waals surface area contributed by atoms with E-state index in [0.29, 0.717) is 41.9 Å². The molecule has 0 spiro atoms. The zero-order chi connectivity index (χ0) is 20.3. The van der Waals surface area contributed by atoms with Crippen molar-refractivity contribution < 1.29 is 19.1 Å². The van der Waals surface area contributed by atoms with Crippen LogP contribution in [0.4, 0.5) is 5.69 Å². The van der Waals surface area contributed by atoms with Crippen LogP contribution in [0.5, 0.6) is 11.5 Å². The second-order valence-corrected chi connectivity index (χ2v) is 7.17. The summed E-state index contributed by atoms with van der Waals surface area (Å²) in [5, 5.41) is -0.0948. The van der Waals surface area contributed by atoms with Crippen LogP contribution in [0.15, 0.2) is 53.6 Å². The molecule has 0 bridgehead atoms. The first-order valence-electron chi connectivity index (χ1n) is 9.17. The number of benzene rings is 2. The average molecular weight is 400 g/mol. The Labute approximate surface area is 169 Å². The minimum absolute atomic E-state index is 0.0948. The lowest BCUT2D eigenvalue weighted by atomic mass is 10.1. The molecule has 0 atom stereocenters. The second-order valence-electron chi connectivity index (χ2n) is 6.79. The molecule has 2 amide bonds. The maximum Gasteiger partial charge on any atom is 0.277 e. The van der Waals surface area contributed by atoms with Gasteiger partial charge in [0.2, 0.25) is 0 Å². The molecule has 2 aromatic rings. The Morgan fingerprint density at radius 1 is 0.964 bits per heavy atom. The van der Waals surface area contributed by atoms with Crippen molar-refractivity contribution in [3.63, 3.8) is 0 Å². The van der Waals surface area contributed by atoms with E-state index in [2.05, 4.69) is 13.8 Å². The van der Waals surface area contributed by atoms with Gasteiger partial charge in [-0.05, 0) is 42.7 Å². The summed E-state index contributed by atoms with van der Waals surface area (Å²) < 4.78 is 11.1. The molecule has 1 aliphatic rings. The molecule has 0 fully saturated rings. The third kappa shape index (κ3) is 4.04. The summed E-state index contributed by atoms with van der Waals surface area (Å²) in [5.41, 5.74) is 1.18. The number of hydrogen-bond acceptors (Lipinski definition) is 4. The van der Waals surface area contributed by atoms with E-state index in [-0.39, 0.29) is 10.6 Å². The summed E-state index contributed by atoms with van der Waals surface area (Å²) in [6.45, 7) is 7.09. The highest BCUT2D eigenvalue weighted by Gasteiger charge is 2.39. The number of rotatable bonds is 7. The maximum absolute atomic E-state index is 13.0. The highest BCUT2D eigenvalue weighted by molar-refractivity contribution is 6.60. The van der Waals surface area contributed by atoms with Crippen molar-refractivity contribution in [1.82, 2.24) is 0 Å². The predicted molar refractivity (Wildman–Crippen MR) is 110 cm³/mol. The average Bonchev–Trinajstić information content (AvgIpc) is 2.90. The molecule has 0 radical (unpaired) electrons. The van der Waals surface area contributed by atoms with Crippen LogP contribution >= 0.6 is 11.6 Å². The highest BCUT2D eigenvalue weighted by atomic mass is 35.5. The van der Waals surface area contributed by atoms with E-state index in [4.69, 9.17) is 21.1 Å². The van der Waals surface area contributed by atoms with E-state index in [0.717, 1.165) is 4.90 Å². The molecule has 0 saturated carbocycles. The van der Waals surface area contributed by atoms with E-state index in [1.165, 1.54) is 0 Å². The van der Waals surface area contributed by atoms with Crippen molar-refractivity contribution in [3.05, 3.63) is 59.1 Å². The van der Waals surface area contributed by atoms with Crippen molar-refractivity contribution in [1.29, 1.82) is 0 Å². The van der Waals surface area contributed by atoms with Gasteiger partial charge >= 0.3 is 0 Å². The van der Waals surface area contributed by atoms with Gasteiger partial charge in [0.05, 0.1) is 24.5 Å². The Morgan fingerprint density at radius 2 is 1.68 bits per heavy atom. The first-order chi connectivity index (χ1) is 13.4. The highest BCUT2D eigenvalue weighted by Crippen LogP contribution is 2.36. The van der Waals surface area contributed by atoms with E-state index in [1.807, 2.05) is 6.92 Å². The molecular weight excluding hydrogens is 378 g/mol. The van der Waals surface area contributed by atoms with Crippen molar-refractivity contribution in [2.45, 2.75) is 20.8 Å². The fourth-order valence-corrected chi connectivity index (χ4v) is 3.12. The van der Waals surface area contributed by atoms with Gasteiger partial charge in [-0.3, -0.25) is 9.59 Å². The summed E-state index contributed by atoms with van der Waals surface area (Å²) in [6, 6.07) is 13.8. The van der Waals surface area contributed by atoms with Gasteiger partial charge in [0.25, 0.3) is 11.8 Å². The lowest BCUT2D eigenvalue weighted by molar-refractivity contribution is -0.119. The standard InChI is InChI=1S/C22H22ClNO4/c1-4-27-18-7-5-6-16(12-18)24-21(25)19(20(23)22(24)26)15-8-10-17(11-9-15)28-13-14(2)3/h5-12,14H,4,13H2,1-3H3. The lowest BCUT2D eigenvalue weighted by Crippen LogP contribution is -2.31. The van der Waals surface area contributed by atoms with Crippen LogP contribution in [-0.2, 0) is 9.59 Å². The first-order valence-corrected chi connectivity index (χ1v) is 9.54. The molecule has 6 heteroatoms. The van der Waals surface area contributed by atoms with Crippen LogP contribution in [0, 0.1) is 5.92 Å². The van der Waals surface area contributed by atoms with E-state index < -0.39 is 11.8 Å². The Kier molecular flexibility index (Phi) is 6.05. The van der Waals surface area contributed by atoms with Crippen molar-refractivity contribution in [3.8, 4) is 11.5 Å². The SMILES string of the molecule is CCOc1cccc(N2C(=O)C(Cl)=C(c3ccc(OCC(C)C)cc3)C2=O)c1. The van der Waals surface area contributed by atoms with Crippen LogP contribution in [-0.4, -0.2) is 25.0 Å². The Hall–Kier alpha value is -2.79. The molecular formula is C22H22ClNO4. The zero-order valence-electron chi connectivity index (χ0n) is 16.1. The number of nitrogens with zero attached hydrogens (tertiary/aromatic N) is 1. The van der Waals surface area contributed by atoms with Gasteiger partial charge in [0.15, 0.2) is 0 Å². The number of anilines is 1. The molecule has 0 unspecified atom stereocenters. The van der Waals surface area contributed by atoms with Crippen molar-refractivity contribution in [2.75, 3.05) is 18.1 Å². The van der Waals surface area contributed by atoms with Crippen LogP contribution in [0.2, 0.25) is 0 Å². The van der Waals surface area contributed by atoms with Gasteiger partial charge < -0.3 is 9.47 Å². The Bertz CT molecular complexity index is 918. The third-order valence-electron chi connectivity index (χ3n) is 4.14. The quantitative estimate of drug-likeness (QED) is 0.636. The van der Waals surface area contributed by atoms with Crippen LogP contribution in [0.1, 0.15) is 26.3 Å². The maximum atomic E-state index is 13.0. The van der Waals surface area contributed by atoms with Gasteiger partial charge in [0, 0.05) is 6.07 Å². The summed E-state index contributed by atoms with van der Waals surface area (Å²) in [4.78, 5) is 26.7. The van der Waals surface area contributed by atoms with Gasteiger partial charge in [-0.2, -0.15) is 0 Å². The molecule has 3 rings (SSSR count). The topological polar surface area (TPSA) is 55.8 Å². The minimum atomic E-state index is -0.546. The van der Waals surface area contributed by atoms with Crippen LogP contribution < -0.4 is 14.4 Å². The second kappa shape index (κ2) is 8.48. The normalized spacial score (nSPS) is 14.2. The summed E-state index contributed by atoms with van der Waals surface area (Å²) in [5.74, 6) is 0.686. The summed E-state index contributed by atoms with van der Waals surface area (Å²) in [6.07, 6.45) is 0. The molecule has 146 valence electrons. The lowest BCUT2D eigenvalue weighted by Gasteiger charge is -2.16. The molecule has 28 heavy (non-hydrogen) atoms. The Morgan fingerprint density at radius 3 is 2.32 bits per heavy atom. The molecule has 0 aromatic heterocycles. The molecule has 0 N–H and O–H groups in total. The minimum Gasteiger partial charge on any atom is -0.494 e. The van der Waals surface area contributed by atoms with Crippen molar-refractivity contribution in [2.24, 2.45) is 5.92 Å². The smallest absolute Gasteiger partial charge is 0.277 e. The van der Waals surface area contributed by atoms with Gasteiger partial charge in [0.1, 0.15) is 16.5 Å². The molecule has 0 aliphatic carbocycles. The molecule has 1 aliphatic heterocycles. The first kappa shape index (κ1) is 20.0. The number of carbonyl (C=O) groups is 2. The largest absolute Gasteiger partial charge is 0.494 e. The fraction of sp³-hybridized carbons (Fsp3) is 0.273. The van der Waals surface area contributed by atoms with Crippen LogP contribution in [0.3, 0.4) is 0 Å². The number of halogens is 1. The fourth-order valence-electron chi connectivity index (χ4n) is 2.85. The number of amides is 2. The van der Waals surface area contributed by atoms with E-state index in [9.17, 15) is 9.59 Å². The molecule has 0 saturated heterocycles. The van der Waals surface area contributed by atoms with E-state index in [1.54, 1.807) is 48.5 Å².